The Labute approximate surface area is 124 Å². The summed E-state index contributed by atoms with van der Waals surface area (Å²) in [5.41, 5.74) is 0.859. The second-order valence-corrected chi connectivity index (χ2v) is 9.43. The van der Waals surface area contributed by atoms with E-state index in [0.717, 1.165) is 0 Å². The van der Waals surface area contributed by atoms with Gasteiger partial charge in [0, 0.05) is 10.7 Å². The average molecular weight is 340 g/mol. The lowest BCUT2D eigenvalue weighted by molar-refractivity contribution is 0.578. The Morgan fingerprint density at radius 1 is 1.20 bits per heavy atom. The van der Waals surface area contributed by atoms with Crippen LogP contribution in [-0.4, -0.2) is 22.6 Å². The number of aryl methyl sites for hydroxylation is 1. The molecule has 0 spiro atoms. The van der Waals surface area contributed by atoms with Crippen molar-refractivity contribution in [1.82, 2.24) is 0 Å². The molecule has 5 nitrogen and oxygen atoms in total. The Morgan fingerprint density at radius 3 is 2.25 bits per heavy atom. The Balaban J connectivity index is 2.94. The van der Waals surface area contributed by atoms with E-state index < -0.39 is 19.1 Å². The molecule has 0 aromatic heterocycles. The zero-order valence-electron chi connectivity index (χ0n) is 11.6. The fourth-order valence-corrected chi connectivity index (χ4v) is 3.80. The van der Waals surface area contributed by atoms with Crippen molar-refractivity contribution in [3.8, 4) is 0 Å². The number of hydrogen-bond donors (Lipinski definition) is 1. The molecule has 1 aromatic carbocycles. The van der Waals surface area contributed by atoms with Crippen LogP contribution in [-0.2, 0) is 19.1 Å². The monoisotopic (exact) mass is 339 g/mol. The smallest absolute Gasteiger partial charge is 0.261 e. The second kappa shape index (κ2) is 6.32. The number of benzene rings is 1. The van der Waals surface area contributed by atoms with Crippen LogP contribution in [0.5, 0.6) is 0 Å². The Hall–Kier alpha value is -0.790. The maximum Gasteiger partial charge on any atom is 0.261 e. The summed E-state index contributed by atoms with van der Waals surface area (Å²) in [6.45, 7) is 5.51. The topological polar surface area (TPSA) is 80.3 Å². The number of sulfonamides is 1. The van der Waals surface area contributed by atoms with E-state index in [1.54, 1.807) is 6.92 Å². The lowest BCUT2D eigenvalue weighted by Crippen LogP contribution is -2.18. The first-order valence-electron chi connectivity index (χ1n) is 6.07. The van der Waals surface area contributed by atoms with E-state index >= 15 is 0 Å². The van der Waals surface area contributed by atoms with Gasteiger partial charge in [-0.3, -0.25) is 4.72 Å². The van der Waals surface area contributed by atoms with Crippen LogP contribution in [0.25, 0.3) is 0 Å². The van der Waals surface area contributed by atoms with Gasteiger partial charge in [-0.2, -0.15) is 0 Å². The Bertz CT molecular complexity index is 681. The number of rotatable bonds is 6. The molecular weight excluding hydrogens is 322 g/mol. The van der Waals surface area contributed by atoms with Crippen LogP contribution in [0.15, 0.2) is 23.1 Å². The maximum absolute atomic E-state index is 11.9. The molecule has 0 saturated carbocycles. The minimum Gasteiger partial charge on any atom is -0.283 e. The summed E-state index contributed by atoms with van der Waals surface area (Å²) in [7, 11) is -2.01. The number of halogens is 1. The SMILES string of the molecule is Cc1cc(S(=O)(=O)Cl)ccc1NS(=O)(=O)CCC(C)C. The minimum atomic E-state index is -3.81. The average Bonchev–Trinajstić information content (AvgIpc) is 2.28. The molecule has 0 fully saturated rings. The fourth-order valence-electron chi connectivity index (χ4n) is 1.51. The molecule has 1 aromatic rings. The summed E-state index contributed by atoms with van der Waals surface area (Å²) in [5.74, 6) is 0.316. The maximum atomic E-state index is 11.9. The fraction of sp³-hybridized carbons (Fsp3) is 0.500. The van der Waals surface area contributed by atoms with Gasteiger partial charge in [0.1, 0.15) is 0 Å². The molecule has 114 valence electrons. The highest BCUT2D eigenvalue weighted by molar-refractivity contribution is 8.13. The van der Waals surface area contributed by atoms with Crippen LogP contribution in [0.1, 0.15) is 25.8 Å². The quantitative estimate of drug-likeness (QED) is 0.808. The van der Waals surface area contributed by atoms with Crippen molar-refractivity contribution in [2.24, 2.45) is 5.92 Å². The van der Waals surface area contributed by atoms with Gasteiger partial charge >= 0.3 is 0 Å². The van der Waals surface area contributed by atoms with Crippen molar-refractivity contribution in [2.45, 2.75) is 32.1 Å². The van der Waals surface area contributed by atoms with E-state index in [9.17, 15) is 16.8 Å². The largest absolute Gasteiger partial charge is 0.283 e. The molecule has 0 aliphatic carbocycles. The third-order valence-corrected chi connectivity index (χ3v) is 5.36. The lowest BCUT2D eigenvalue weighted by atomic mass is 10.2. The van der Waals surface area contributed by atoms with Gasteiger partial charge in [0.05, 0.1) is 16.3 Å². The summed E-state index contributed by atoms with van der Waals surface area (Å²) in [5, 5.41) is 0. The molecule has 0 saturated heterocycles. The highest BCUT2D eigenvalue weighted by Gasteiger charge is 2.15. The summed E-state index contributed by atoms with van der Waals surface area (Å²) >= 11 is 0. The Morgan fingerprint density at radius 2 is 1.80 bits per heavy atom. The molecule has 0 radical (unpaired) electrons. The van der Waals surface area contributed by atoms with Crippen LogP contribution in [0, 0.1) is 12.8 Å². The summed E-state index contributed by atoms with van der Waals surface area (Å²) in [6.07, 6.45) is 0.558. The molecule has 0 bridgehead atoms. The van der Waals surface area contributed by atoms with Gasteiger partial charge in [-0.1, -0.05) is 13.8 Å². The van der Waals surface area contributed by atoms with E-state index in [1.807, 2.05) is 13.8 Å². The number of anilines is 1. The van der Waals surface area contributed by atoms with E-state index in [0.29, 0.717) is 17.7 Å². The summed E-state index contributed by atoms with van der Waals surface area (Å²) in [4.78, 5) is -0.0539. The van der Waals surface area contributed by atoms with Crippen molar-refractivity contribution in [1.29, 1.82) is 0 Å². The standard InChI is InChI=1S/C12H18ClNO4S2/c1-9(2)6-7-19(15,16)14-12-5-4-11(8-10(12)3)20(13,17)18/h4-5,8-9,14H,6-7H2,1-3H3. The van der Waals surface area contributed by atoms with Crippen molar-refractivity contribution >= 4 is 35.4 Å². The summed E-state index contributed by atoms with van der Waals surface area (Å²) < 4.78 is 48.6. The van der Waals surface area contributed by atoms with Gasteiger partial charge in [-0.15, -0.1) is 0 Å². The van der Waals surface area contributed by atoms with E-state index in [2.05, 4.69) is 4.72 Å². The van der Waals surface area contributed by atoms with Crippen molar-refractivity contribution in [3.05, 3.63) is 23.8 Å². The van der Waals surface area contributed by atoms with Crippen molar-refractivity contribution in [2.75, 3.05) is 10.5 Å². The first-order valence-corrected chi connectivity index (χ1v) is 10.0. The molecular formula is C12H18ClNO4S2. The molecule has 0 unspecified atom stereocenters. The van der Waals surface area contributed by atoms with Crippen LogP contribution < -0.4 is 4.72 Å². The van der Waals surface area contributed by atoms with E-state index in [1.165, 1.54) is 18.2 Å². The normalized spacial score (nSPS) is 12.7. The second-order valence-electron chi connectivity index (χ2n) is 5.02. The van der Waals surface area contributed by atoms with Crippen LogP contribution in [0.2, 0.25) is 0 Å². The molecule has 0 atom stereocenters. The number of hydrogen-bond acceptors (Lipinski definition) is 4. The van der Waals surface area contributed by atoms with Crippen LogP contribution in [0.4, 0.5) is 5.69 Å². The molecule has 0 amide bonds. The van der Waals surface area contributed by atoms with E-state index in [4.69, 9.17) is 10.7 Å². The highest BCUT2D eigenvalue weighted by Crippen LogP contribution is 2.23. The predicted octanol–water partition coefficient (Wildman–Crippen LogP) is 2.71. The van der Waals surface area contributed by atoms with Crippen molar-refractivity contribution < 1.29 is 16.8 Å². The third-order valence-electron chi connectivity index (χ3n) is 2.71. The van der Waals surface area contributed by atoms with Crippen LogP contribution in [0.3, 0.4) is 0 Å². The zero-order chi connectivity index (χ0) is 15.6. The van der Waals surface area contributed by atoms with Gasteiger partial charge in [-0.25, -0.2) is 16.8 Å². The molecule has 1 rings (SSSR count). The lowest BCUT2D eigenvalue weighted by Gasteiger charge is -2.12. The zero-order valence-corrected chi connectivity index (χ0v) is 13.9. The molecule has 20 heavy (non-hydrogen) atoms. The van der Waals surface area contributed by atoms with E-state index in [-0.39, 0.29) is 16.6 Å². The molecule has 0 aliphatic heterocycles. The minimum absolute atomic E-state index is 0.0274. The van der Waals surface area contributed by atoms with Gasteiger partial charge in [0.15, 0.2) is 0 Å². The number of nitrogens with one attached hydrogen (secondary N) is 1. The van der Waals surface area contributed by atoms with Gasteiger partial charge in [-0.05, 0) is 43.0 Å². The van der Waals surface area contributed by atoms with Crippen molar-refractivity contribution in [3.63, 3.8) is 0 Å². The van der Waals surface area contributed by atoms with Crippen LogP contribution >= 0.6 is 10.7 Å². The van der Waals surface area contributed by atoms with Gasteiger partial charge in [0.2, 0.25) is 10.0 Å². The summed E-state index contributed by atoms with van der Waals surface area (Å²) in [6, 6.07) is 4.01. The molecule has 0 heterocycles. The third kappa shape index (κ3) is 5.30. The van der Waals surface area contributed by atoms with Gasteiger partial charge < -0.3 is 0 Å². The molecule has 0 aliphatic rings. The molecule has 1 N–H and O–H groups in total. The van der Waals surface area contributed by atoms with Gasteiger partial charge in [0.25, 0.3) is 9.05 Å². The first-order chi connectivity index (χ1) is 9.01. The molecule has 8 heteroatoms. The highest BCUT2D eigenvalue weighted by atomic mass is 35.7. The predicted molar refractivity (Wildman–Crippen MR) is 81.1 cm³/mol. The first kappa shape index (κ1) is 17.3. The Kier molecular flexibility index (Phi) is 5.46.